The predicted molar refractivity (Wildman–Crippen MR) is 74.8 cm³/mol. The molecule has 1 aliphatic rings. The van der Waals surface area contributed by atoms with E-state index in [2.05, 4.69) is 24.3 Å². The quantitative estimate of drug-likeness (QED) is 0.763. The van der Waals surface area contributed by atoms with E-state index in [1.807, 2.05) is 36.9 Å². The van der Waals surface area contributed by atoms with Crippen molar-refractivity contribution in [3.05, 3.63) is 0 Å². The van der Waals surface area contributed by atoms with Crippen LogP contribution in [0.2, 0.25) is 0 Å². The van der Waals surface area contributed by atoms with Gasteiger partial charge in [-0.2, -0.15) is 5.10 Å². The molecule has 0 saturated carbocycles. The van der Waals surface area contributed by atoms with Crippen molar-refractivity contribution in [3.8, 4) is 0 Å². The Morgan fingerprint density at radius 2 is 1.78 bits per heavy atom. The second kappa shape index (κ2) is 6.07. The average Bonchev–Trinajstić information content (AvgIpc) is 2.24. The molecule has 1 fully saturated rings. The van der Waals surface area contributed by atoms with Crippen LogP contribution in [0.4, 0.5) is 4.79 Å². The number of carbonyl (C=O) groups excluding carboxylic acids is 1. The van der Waals surface area contributed by atoms with E-state index >= 15 is 0 Å². The van der Waals surface area contributed by atoms with Gasteiger partial charge in [-0.3, -0.25) is 5.01 Å². The van der Waals surface area contributed by atoms with Crippen LogP contribution in [0.5, 0.6) is 0 Å². The molecule has 1 saturated heterocycles. The highest BCUT2D eigenvalue weighted by Crippen LogP contribution is 2.06. The van der Waals surface area contributed by atoms with E-state index in [0.29, 0.717) is 5.92 Å². The molecule has 1 rings (SSSR count). The molecule has 5 nitrogen and oxygen atoms in total. The third-order valence-electron chi connectivity index (χ3n) is 2.55. The number of amides is 2. The lowest BCUT2D eigenvalue weighted by Gasteiger charge is -2.35. The molecular weight excluding hydrogens is 228 g/mol. The van der Waals surface area contributed by atoms with Crippen LogP contribution in [0.15, 0.2) is 5.10 Å². The van der Waals surface area contributed by atoms with Crippen molar-refractivity contribution in [1.29, 1.82) is 0 Å². The topological polar surface area (TPSA) is 47.9 Å². The maximum absolute atomic E-state index is 11.9. The Kier molecular flexibility index (Phi) is 4.99. The van der Waals surface area contributed by atoms with Crippen LogP contribution in [-0.4, -0.2) is 53.9 Å². The van der Waals surface area contributed by atoms with Crippen molar-refractivity contribution in [2.45, 2.75) is 40.2 Å². The summed E-state index contributed by atoms with van der Waals surface area (Å²) in [4.78, 5) is 13.8. The highest BCUT2D eigenvalue weighted by atomic mass is 16.2. The molecule has 1 N–H and O–H groups in total. The first-order chi connectivity index (χ1) is 8.28. The molecule has 0 aromatic heterocycles. The Morgan fingerprint density at radius 3 is 2.22 bits per heavy atom. The summed E-state index contributed by atoms with van der Waals surface area (Å²) < 4.78 is 0. The van der Waals surface area contributed by atoms with E-state index in [0.717, 1.165) is 26.2 Å². The van der Waals surface area contributed by atoms with Crippen LogP contribution in [-0.2, 0) is 0 Å². The smallest absolute Gasteiger partial charge is 0.317 e. The van der Waals surface area contributed by atoms with Crippen LogP contribution in [0.3, 0.4) is 0 Å². The van der Waals surface area contributed by atoms with Crippen molar-refractivity contribution in [2.75, 3.05) is 26.2 Å². The number of rotatable bonds is 2. The number of nitrogens with zero attached hydrogens (tertiary/aromatic N) is 3. The molecule has 0 aromatic carbocycles. The lowest BCUT2D eigenvalue weighted by Crippen LogP contribution is -2.54. The molecule has 1 heterocycles. The fourth-order valence-electron chi connectivity index (χ4n) is 1.64. The number of hydrogen-bond acceptors (Lipinski definition) is 3. The number of nitrogens with one attached hydrogen (secondary N) is 1. The average molecular weight is 254 g/mol. The van der Waals surface area contributed by atoms with E-state index in [4.69, 9.17) is 0 Å². The van der Waals surface area contributed by atoms with Gasteiger partial charge in [0.25, 0.3) is 0 Å². The Balaban J connectivity index is 2.37. The van der Waals surface area contributed by atoms with Gasteiger partial charge < -0.3 is 10.2 Å². The SMILES string of the molecule is CC(C)/C=N/N1CCN(C(=O)NC(C)(C)C)CC1. The van der Waals surface area contributed by atoms with Crippen molar-refractivity contribution in [1.82, 2.24) is 15.2 Å². The number of hydrazone groups is 1. The van der Waals surface area contributed by atoms with Gasteiger partial charge in [0.05, 0.1) is 13.1 Å². The molecule has 0 bridgehead atoms. The second-order valence-electron chi connectivity index (χ2n) is 6.13. The van der Waals surface area contributed by atoms with Gasteiger partial charge in [0.2, 0.25) is 0 Å². The van der Waals surface area contributed by atoms with Crippen molar-refractivity contribution < 1.29 is 4.79 Å². The number of carbonyl (C=O) groups is 1. The molecule has 2 amide bonds. The fraction of sp³-hybridized carbons (Fsp3) is 0.846. The van der Waals surface area contributed by atoms with E-state index in [1.165, 1.54) is 0 Å². The molecule has 1 aliphatic heterocycles. The van der Waals surface area contributed by atoms with Crippen LogP contribution < -0.4 is 5.32 Å². The highest BCUT2D eigenvalue weighted by molar-refractivity contribution is 5.75. The molecule has 0 spiro atoms. The van der Waals surface area contributed by atoms with Crippen LogP contribution in [0.25, 0.3) is 0 Å². The summed E-state index contributed by atoms with van der Waals surface area (Å²) in [5.74, 6) is 0.465. The molecule has 104 valence electrons. The van der Waals surface area contributed by atoms with E-state index in [1.54, 1.807) is 0 Å². The van der Waals surface area contributed by atoms with Gasteiger partial charge in [0.1, 0.15) is 0 Å². The van der Waals surface area contributed by atoms with Crippen LogP contribution in [0, 0.1) is 5.92 Å². The van der Waals surface area contributed by atoms with Crippen LogP contribution in [0.1, 0.15) is 34.6 Å². The number of hydrogen-bond donors (Lipinski definition) is 1. The zero-order valence-electron chi connectivity index (χ0n) is 12.2. The Morgan fingerprint density at radius 1 is 1.22 bits per heavy atom. The summed E-state index contributed by atoms with van der Waals surface area (Å²) in [5, 5.41) is 9.41. The van der Waals surface area contributed by atoms with E-state index < -0.39 is 0 Å². The van der Waals surface area contributed by atoms with Gasteiger partial charge >= 0.3 is 6.03 Å². The maximum atomic E-state index is 11.9. The molecule has 0 radical (unpaired) electrons. The minimum atomic E-state index is -0.177. The van der Waals surface area contributed by atoms with E-state index in [-0.39, 0.29) is 11.6 Å². The van der Waals surface area contributed by atoms with Gasteiger partial charge in [-0.25, -0.2) is 4.79 Å². The van der Waals surface area contributed by atoms with E-state index in [9.17, 15) is 4.79 Å². The minimum absolute atomic E-state index is 0.0231. The first-order valence-electron chi connectivity index (χ1n) is 6.64. The molecule has 0 aromatic rings. The Hall–Kier alpha value is -1.26. The molecular formula is C13H26N4O. The summed E-state index contributed by atoms with van der Waals surface area (Å²) in [5.41, 5.74) is -0.177. The first kappa shape index (κ1) is 14.8. The predicted octanol–water partition coefficient (Wildman–Crippen LogP) is 1.75. The third-order valence-corrected chi connectivity index (χ3v) is 2.55. The molecule has 5 heteroatoms. The Labute approximate surface area is 110 Å². The zero-order chi connectivity index (χ0) is 13.8. The number of urea groups is 1. The zero-order valence-corrected chi connectivity index (χ0v) is 12.2. The van der Waals surface area contributed by atoms with Gasteiger partial charge in [-0.1, -0.05) is 13.8 Å². The molecule has 18 heavy (non-hydrogen) atoms. The lowest BCUT2D eigenvalue weighted by atomic mass is 10.1. The fourth-order valence-corrected chi connectivity index (χ4v) is 1.64. The highest BCUT2D eigenvalue weighted by Gasteiger charge is 2.23. The van der Waals surface area contributed by atoms with Crippen LogP contribution >= 0.6 is 0 Å². The molecule has 0 atom stereocenters. The third kappa shape index (κ3) is 5.38. The standard InChI is InChI=1S/C13H26N4O/c1-11(2)10-14-17-8-6-16(7-9-17)12(18)15-13(3,4)5/h10-11H,6-9H2,1-5H3,(H,15,18)/b14-10+. The monoisotopic (exact) mass is 254 g/mol. The number of piperazine rings is 1. The Bertz CT molecular complexity index is 299. The molecule has 0 aliphatic carbocycles. The summed E-state index contributed by atoms with van der Waals surface area (Å²) in [7, 11) is 0. The van der Waals surface area contributed by atoms with Gasteiger partial charge in [0, 0.05) is 24.8 Å². The van der Waals surface area contributed by atoms with Crippen molar-refractivity contribution in [2.24, 2.45) is 11.0 Å². The summed E-state index contributed by atoms with van der Waals surface area (Å²) in [6.45, 7) is 13.3. The lowest BCUT2D eigenvalue weighted by molar-refractivity contribution is 0.137. The normalized spacial score (nSPS) is 17.7. The van der Waals surface area contributed by atoms with Gasteiger partial charge in [-0.05, 0) is 26.7 Å². The van der Waals surface area contributed by atoms with Gasteiger partial charge in [0.15, 0.2) is 0 Å². The summed E-state index contributed by atoms with van der Waals surface area (Å²) >= 11 is 0. The summed E-state index contributed by atoms with van der Waals surface area (Å²) in [6.07, 6.45) is 1.95. The minimum Gasteiger partial charge on any atom is -0.333 e. The first-order valence-corrected chi connectivity index (χ1v) is 6.64. The summed E-state index contributed by atoms with van der Waals surface area (Å²) in [6, 6.07) is 0.0231. The maximum Gasteiger partial charge on any atom is 0.317 e. The molecule has 0 unspecified atom stereocenters. The largest absolute Gasteiger partial charge is 0.333 e. The van der Waals surface area contributed by atoms with Crippen molar-refractivity contribution in [3.63, 3.8) is 0 Å². The second-order valence-corrected chi connectivity index (χ2v) is 6.13. The van der Waals surface area contributed by atoms with Crippen molar-refractivity contribution >= 4 is 12.2 Å². The van der Waals surface area contributed by atoms with Gasteiger partial charge in [-0.15, -0.1) is 0 Å².